The molecular weight excluding hydrogens is 326 g/mol. The summed E-state index contributed by atoms with van der Waals surface area (Å²) in [4.78, 5) is 19.5. The van der Waals surface area contributed by atoms with Gasteiger partial charge >= 0.3 is 0 Å². The molecule has 0 bridgehead atoms. The van der Waals surface area contributed by atoms with Crippen LogP contribution in [0.25, 0.3) is 0 Å². The van der Waals surface area contributed by atoms with Crippen LogP contribution >= 0.6 is 0 Å². The molecule has 4 rings (SSSR count). The fourth-order valence-corrected chi connectivity index (χ4v) is 3.86. The van der Waals surface area contributed by atoms with Crippen LogP contribution in [-0.4, -0.2) is 45.7 Å². The summed E-state index contributed by atoms with van der Waals surface area (Å²) in [5.41, 5.74) is 3.10. The Hall–Kier alpha value is -2.37. The topological polar surface area (TPSA) is 63.1 Å². The van der Waals surface area contributed by atoms with Gasteiger partial charge in [0.05, 0.1) is 5.69 Å². The van der Waals surface area contributed by atoms with E-state index < -0.39 is 0 Å². The second-order valence-corrected chi connectivity index (χ2v) is 7.36. The normalized spacial score (nSPS) is 20.2. The SMILES string of the molecule is CCn1nc(C2CC2)cc1C(=O)N1CCC[C@@H](c2ccnc(NC)c2)C1. The van der Waals surface area contributed by atoms with E-state index in [-0.39, 0.29) is 5.91 Å². The minimum atomic E-state index is 0.124. The quantitative estimate of drug-likeness (QED) is 0.896. The number of carbonyl (C=O) groups excluding carboxylic acids is 1. The molecule has 0 radical (unpaired) electrons. The molecule has 0 spiro atoms. The number of amides is 1. The van der Waals surface area contributed by atoms with Crippen LogP contribution in [0, 0.1) is 0 Å². The number of likely N-dealkylation sites (tertiary alicyclic amines) is 1. The predicted octanol–water partition coefficient (Wildman–Crippen LogP) is 3.24. The summed E-state index contributed by atoms with van der Waals surface area (Å²) < 4.78 is 1.88. The van der Waals surface area contributed by atoms with Gasteiger partial charge in [-0.2, -0.15) is 5.10 Å². The first-order valence-electron chi connectivity index (χ1n) is 9.70. The van der Waals surface area contributed by atoms with Crippen LogP contribution in [0.3, 0.4) is 0 Å². The van der Waals surface area contributed by atoms with Crippen molar-refractivity contribution in [1.82, 2.24) is 19.7 Å². The van der Waals surface area contributed by atoms with Gasteiger partial charge in [-0.25, -0.2) is 4.98 Å². The minimum absolute atomic E-state index is 0.124. The summed E-state index contributed by atoms with van der Waals surface area (Å²) in [5, 5.41) is 7.76. The number of piperidine rings is 1. The van der Waals surface area contributed by atoms with Gasteiger partial charge in [0, 0.05) is 44.7 Å². The van der Waals surface area contributed by atoms with Crippen molar-refractivity contribution in [2.45, 2.75) is 51.0 Å². The lowest BCUT2D eigenvalue weighted by Crippen LogP contribution is -2.40. The zero-order valence-electron chi connectivity index (χ0n) is 15.6. The molecule has 138 valence electrons. The van der Waals surface area contributed by atoms with E-state index in [0.717, 1.165) is 49.7 Å². The number of aryl methyl sites for hydroxylation is 1. The molecule has 1 saturated heterocycles. The highest BCUT2D eigenvalue weighted by Gasteiger charge is 2.31. The van der Waals surface area contributed by atoms with Crippen molar-refractivity contribution in [3.8, 4) is 0 Å². The number of aromatic nitrogens is 3. The number of hydrogen-bond acceptors (Lipinski definition) is 4. The molecule has 2 aliphatic rings. The standard InChI is InChI=1S/C20H27N5O/c1-3-25-18(12-17(23-25)14-6-7-14)20(26)24-10-4-5-16(13-24)15-8-9-22-19(11-15)21-2/h8-9,11-12,14,16H,3-7,10,13H2,1-2H3,(H,21,22)/t16-/m1/s1. The molecule has 1 amide bonds. The molecule has 3 heterocycles. The summed E-state index contributed by atoms with van der Waals surface area (Å²) in [7, 11) is 1.88. The van der Waals surface area contributed by atoms with Crippen LogP contribution in [0.5, 0.6) is 0 Å². The van der Waals surface area contributed by atoms with E-state index in [1.165, 1.54) is 18.4 Å². The van der Waals surface area contributed by atoms with Crippen molar-refractivity contribution in [3.05, 3.63) is 41.3 Å². The van der Waals surface area contributed by atoms with Crippen molar-refractivity contribution in [2.75, 3.05) is 25.5 Å². The summed E-state index contributed by atoms with van der Waals surface area (Å²) >= 11 is 0. The molecule has 26 heavy (non-hydrogen) atoms. The zero-order valence-corrected chi connectivity index (χ0v) is 15.6. The van der Waals surface area contributed by atoms with Crippen molar-refractivity contribution in [2.24, 2.45) is 0 Å². The van der Waals surface area contributed by atoms with Crippen molar-refractivity contribution in [1.29, 1.82) is 0 Å². The molecular formula is C20H27N5O. The van der Waals surface area contributed by atoms with Crippen molar-refractivity contribution in [3.63, 3.8) is 0 Å². The molecule has 1 aliphatic carbocycles. The number of nitrogens with one attached hydrogen (secondary N) is 1. The Bertz CT molecular complexity index is 795. The molecule has 1 N–H and O–H groups in total. The van der Waals surface area contributed by atoms with E-state index in [4.69, 9.17) is 0 Å². The summed E-state index contributed by atoms with van der Waals surface area (Å²) in [5.74, 6) is 1.94. The monoisotopic (exact) mass is 353 g/mol. The number of carbonyl (C=O) groups is 1. The minimum Gasteiger partial charge on any atom is -0.373 e. The van der Waals surface area contributed by atoms with Gasteiger partial charge in [0.15, 0.2) is 0 Å². The van der Waals surface area contributed by atoms with Crippen molar-refractivity contribution < 1.29 is 4.79 Å². The summed E-state index contributed by atoms with van der Waals surface area (Å²) in [6, 6.07) is 6.19. The first-order valence-corrected chi connectivity index (χ1v) is 9.70. The van der Waals surface area contributed by atoms with Gasteiger partial charge in [0.2, 0.25) is 0 Å². The van der Waals surface area contributed by atoms with E-state index in [0.29, 0.717) is 11.8 Å². The highest BCUT2D eigenvalue weighted by Crippen LogP contribution is 2.39. The Balaban J connectivity index is 1.53. The van der Waals surface area contributed by atoms with E-state index >= 15 is 0 Å². The Morgan fingerprint density at radius 3 is 2.85 bits per heavy atom. The maximum absolute atomic E-state index is 13.2. The number of nitrogens with zero attached hydrogens (tertiary/aromatic N) is 4. The van der Waals surface area contributed by atoms with Crippen molar-refractivity contribution >= 4 is 11.7 Å². The molecule has 6 heteroatoms. The number of hydrogen-bond donors (Lipinski definition) is 1. The molecule has 1 aliphatic heterocycles. The lowest BCUT2D eigenvalue weighted by atomic mass is 9.91. The van der Waals surface area contributed by atoms with Crippen LogP contribution in [0.15, 0.2) is 24.4 Å². The highest BCUT2D eigenvalue weighted by molar-refractivity contribution is 5.93. The third kappa shape index (κ3) is 3.32. The average Bonchev–Trinajstić information content (AvgIpc) is 3.46. The van der Waals surface area contributed by atoms with E-state index in [2.05, 4.69) is 34.5 Å². The number of rotatable bonds is 5. The first kappa shape index (κ1) is 17.1. The largest absolute Gasteiger partial charge is 0.373 e. The van der Waals surface area contributed by atoms with Crippen LogP contribution in [0.1, 0.15) is 66.2 Å². The molecule has 0 unspecified atom stereocenters. The number of anilines is 1. The lowest BCUT2D eigenvalue weighted by Gasteiger charge is -2.33. The zero-order chi connectivity index (χ0) is 18.1. The number of pyridine rings is 1. The molecule has 1 atom stereocenters. The predicted molar refractivity (Wildman–Crippen MR) is 102 cm³/mol. The van der Waals surface area contributed by atoms with Gasteiger partial charge in [0.25, 0.3) is 5.91 Å². The molecule has 2 fully saturated rings. The Kier molecular flexibility index (Phi) is 4.66. The summed E-state index contributed by atoms with van der Waals surface area (Å²) in [6.07, 6.45) is 6.39. The van der Waals surface area contributed by atoms with Gasteiger partial charge in [-0.15, -0.1) is 0 Å². The van der Waals surface area contributed by atoms with Gasteiger partial charge in [0.1, 0.15) is 11.5 Å². The van der Waals surface area contributed by atoms with Crippen LogP contribution in [-0.2, 0) is 6.54 Å². The van der Waals surface area contributed by atoms with Gasteiger partial charge in [-0.1, -0.05) is 0 Å². The van der Waals surface area contributed by atoms with Gasteiger partial charge in [-0.3, -0.25) is 9.48 Å². The third-order valence-electron chi connectivity index (χ3n) is 5.53. The lowest BCUT2D eigenvalue weighted by molar-refractivity contribution is 0.0694. The Morgan fingerprint density at radius 1 is 1.27 bits per heavy atom. The van der Waals surface area contributed by atoms with Crippen LogP contribution in [0.4, 0.5) is 5.82 Å². The second kappa shape index (κ2) is 7.09. The smallest absolute Gasteiger partial charge is 0.272 e. The molecule has 2 aromatic heterocycles. The second-order valence-electron chi connectivity index (χ2n) is 7.36. The Morgan fingerprint density at radius 2 is 2.12 bits per heavy atom. The van der Waals surface area contributed by atoms with Crippen LogP contribution in [0.2, 0.25) is 0 Å². The third-order valence-corrected chi connectivity index (χ3v) is 5.53. The van der Waals surface area contributed by atoms with Gasteiger partial charge in [-0.05, 0) is 56.4 Å². The van der Waals surface area contributed by atoms with E-state index in [1.807, 2.05) is 28.9 Å². The molecule has 6 nitrogen and oxygen atoms in total. The van der Waals surface area contributed by atoms with Crippen LogP contribution < -0.4 is 5.32 Å². The summed E-state index contributed by atoms with van der Waals surface area (Å²) in [6.45, 7) is 4.38. The fraction of sp³-hybridized carbons (Fsp3) is 0.550. The van der Waals surface area contributed by atoms with E-state index in [1.54, 1.807) is 0 Å². The molecule has 1 saturated carbocycles. The first-order chi connectivity index (χ1) is 12.7. The Labute approximate surface area is 154 Å². The maximum atomic E-state index is 13.2. The fourth-order valence-electron chi connectivity index (χ4n) is 3.86. The van der Waals surface area contributed by atoms with E-state index in [9.17, 15) is 4.79 Å². The average molecular weight is 353 g/mol. The highest BCUT2D eigenvalue weighted by atomic mass is 16.2. The molecule has 2 aromatic rings. The molecule has 0 aromatic carbocycles. The maximum Gasteiger partial charge on any atom is 0.272 e. The van der Waals surface area contributed by atoms with Gasteiger partial charge < -0.3 is 10.2 Å².